The van der Waals surface area contributed by atoms with Crippen molar-refractivity contribution in [2.75, 3.05) is 4.90 Å². The Bertz CT molecular complexity index is 3750. The molecule has 4 nitrogen and oxygen atoms in total. The van der Waals surface area contributed by atoms with Gasteiger partial charge >= 0.3 is 0 Å². The maximum atomic E-state index is 5.17. The molecule has 0 aliphatic heterocycles. The lowest BCUT2D eigenvalue weighted by atomic mass is 9.96. The highest BCUT2D eigenvalue weighted by Crippen LogP contribution is 2.47. The summed E-state index contributed by atoms with van der Waals surface area (Å²) in [5.74, 6) is 0. The van der Waals surface area contributed by atoms with E-state index in [4.69, 9.17) is 9.97 Å². The number of thiophene rings is 2. The van der Waals surface area contributed by atoms with Crippen molar-refractivity contribution < 1.29 is 0 Å². The Kier molecular flexibility index (Phi) is 11.6. The zero-order valence-corrected chi connectivity index (χ0v) is 42.9. The Balaban J connectivity index is 1.13. The van der Waals surface area contributed by atoms with Crippen LogP contribution in [0.2, 0.25) is 0 Å². The Morgan fingerprint density at radius 3 is 1.22 bits per heavy atom. The summed E-state index contributed by atoms with van der Waals surface area (Å²) in [6, 6.07) is 71.1. The molecule has 0 bridgehead atoms. The van der Waals surface area contributed by atoms with Crippen molar-refractivity contribution in [2.24, 2.45) is 0 Å². The molecule has 12 rings (SSSR count). The summed E-state index contributed by atoms with van der Waals surface area (Å²) in [6.45, 7) is 13.2. The molecule has 0 fully saturated rings. The average molecular weight is 965 g/mol. The average Bonchev–Trinajstić information content (AvgIpc) is 4.15. The van der Waals surface area contributed by atoms with Crippen LogP contribution >= 0.6 is 22.7 Å². The monoisotopic (exact) mass is 964 g/mol. The van der Waals surface area contributed by atoms with Crippen LogP contribution in [0.1, 0.15) is 32.0 Å². The molecule has 0 saturated carbocycles. The quantitative estimate of drug-likeness (QED) is 0.137. The van der Waals surface area contributed by atoms with Crippen LogP contribution in [-0.2, 0) is 0 Å². The standard InChI is InChI=1S/C66H52N4S2/c1-41-29-53(70-62-23-15-13-21-56(62)57-22-14-16-24-63(57)70)30-42(2)66(41)69(54-33-49(31-51(35-54)64-27-25-45(5)71-64)60-37-58(43(3)39-67-60)47-17-9-7-10-18-47)55-34-50(32-52(36-55)65-28-26-46(6)72-65)61-38-59(44(4)40-68-61)48-19-11-8-12-20-48/h7-40H,1-6H3. The van der Waals surface area contributed by atoms with Crippen LogP contribution in [-0.4, -0.2) is 14.5 Å². The molecule has 0 aliphatic rings. The number of aromatic nitrogens is 3. The van der Waals surface area contributed by atoms with Crippen molar-refractivity contribution in [3.8, 4) is 71.3 Å². The number of nitrogens with zero attached hydrogens (tertiary/aromatic N) is 4. The molecule has 0 saturated heterocycles. The van der Waals surface area contributed by atoms with Crippen molar-refractivity contribution >= 4 is 61.5 Å². The van der Waals surface area contributed by atoms with E-state index in [1.807, 2.05) is 35.1 Å². The molecule has 5 aromatic heterocycles. The summed E-state index contributed by atoms with van der Waals surface area (Å²) in [4.78, 5) is 17.8. The third-order valence-corrected chi connectivity index (χ3v) is 16.0. The van der Waals surface area contributed by atoms with Crippen molar-refractivity contribution in [3.63, 3.8) is 0 Å². The second kappa shape index (κ2) is 18.5. The van der Waals surface area contributed by atoms with Gasteiger partial charge in [0.15, 0.2) is 0 Å². The summed E-state index contributed by atoms with van der Waals surface area (Å²) >= 11 is 3.64. The molecule has 0 aliphatic carbocycles. The zero-order chi connectivity index (χ0) is 49.0. The fourth-order valence-corrected chi connectivity index (χ4v) is 12.2. The van der Waals surface area contributed by atoms with Gasteiger partial charge in [0.05, 0.1) is 28.1 Å². The Morgan fingerprint density at radius 2 is 0.792 bits per heavy atom. The molecule has 7 aromatic carbocycles. The van der Waals surface area contributed by atoms with Gasteiger partial charge in [-0.3, -0.25) is 9.97 Å². The van der Waals surface area contributed by atoms with Crippen LogP contribution in [0.5, 0.6) is 0 Å². The highest BCUT2D eigenvalue weighted by molar-refractivity contribution is 7.15. The van der Waals surface area contributed by atoms with Gasteiger partial charge in [-0.05, 0) is 194 Å². The van der Waals surface area contributed by atoms with E-state index < -0.39 is 0 Å². The number of pyridine rings is 2. The predicted molar refractivity (Wildman–Crippen MR) is 308 cm³/mol. The van der Waals surface area contributed by atoms with E-state index in [2.05, 4.69) is 245 Å². The summed E-state index contributed by atoms with van der Waals surface area (Å²) in [7, 11) is 0. The molecule has 0 atom stereocenters. The number of hydrogen-bond donors (Lipinski definition) is 0. The Hall–Kier alpha value is -8.16. The summed E-state index contributed by atoms with van der Waals surface area (Å²) in [5.41, 5.74) is 22.2. The lowest BCUT2D eigenvalue weighted by Crippen LogP contribution is -2.14. The van der Waals surface area contributed by atoms with E-state index >= 15 is 0 Å². The molecule has 0 unspecified atom stereocenters. The maximum Gasteiger partial charge on any atom is 0.0709 e. The SMILES string of the molecule is Cc1ccc(-c2cc(-c3cc(-c4ccccc4)c(C)cn3)cc(N(c3cc(-c4cc(-c5ccccc5)c(C)cn4)cc(-c4ccc(C)s4)c3)c3c(C)cc(-n4c5ccccc5c5ccccc54)cc3C)c2)s1. The van der Waals surface area contributed by atoms with Crippen LogP contribution in [0.3, 0.4) is 0 Å². The van der Waals surface area contributed by atoms with Gasteiger partial charge in [0, 0.05) is 70.9 Å². The van der Waals surface area contributed by atoms with Crippen LogP contribution in [0, 0.1) is 41.5 Å². The highest BCUT2D eigenvalue weighted by atomic mass is 32.1. The van der Waals surface area contributed by atoms with Crippen LogP contribution < -0.4 is 4.90 Å². The van der Waals surface area contributed by atoms with E-state index in [0.29, 0.717) is 0 Å². The fraction of sp³-hybridized carbons (Fsp3) is 0.0909. The largest absolute Gasteiger partial charge is 0.310 e. The second-order valence-corrected chi connectivity index (χ2v) is 21.6. The molecule has 5 heterocycles. The molecule has 6 heteroatoms. The third-order valence-electron chi connectivity index (χ3n) is 13.9. The highest BCUT2D eigenvalue weighted by Gasteiger charge is 2.24. The molecule has 72 heavy (non-hydrogen) atoms. The minimum atomic E-state index is 0.923. The predicted octanol–water partition coefficient (Wildman–Crippen LogP) is 19.0. The number of hydrogen-bond acceptors (Lipinski definition) is 5. The zero-order valence-electron chi connectivity index (χ0n) is 41.2. The number of rotatable bonds is 10. The first-order valence-electron chi connectivity index (χ1n) is 24.5. The number of fused-ring (bicyclic) bond motifs is 3. The number of aryl methyl sites for hydroxylation is 6. The van der Waals surface area contributed by atoms with Crippen molar-refractivity contribution in [3.05, 3.63) is 239 Å². The van der Waals surface area contributed by atoms with Gasteiger partial charge in [-0.15, -0.1) is 22.7 Å². The Morgan fingerprint density at radius 1 is 0.375 bits per heavy atom. The van der Waals surface area contributed by atoms with Gasteiger partial charge in [-0.1, -0.05) is 97.1 Å². The van der Waals surface area contributed by atoms with Gasteiger partial charge in [-0.25, -0.2) is 0 Å². The number of benzene rings is 7. The lowest BCUT2D eigenvalue weighted by Gasteiger charge is -2.31. The first kappa shape index (κ1) is 45.0. The summed E-state index contributed by atoms with van der Waals surface area (Å²) in [6.07, 6.45) is 4.05. The van der Waals surface area contributed by atoms with Gasteiger partial charge < -0.3 is 9.47 Å². The smallest absolute Gasteiger partial charge is 0.0709 e. The topological polar surface area (TPSA) is 34.0 Å². The first-order chi connectivity index (χ1) is 35.1. The van der Waals surface area contributed by atoms with Crippen LogP contribution in [0.25, 0.3) is 93.1 Å². The van der Waals surface area contributed by atoms with Crippen LogP contribution in [0.4, 0.5) is 17.1 Å². The van der Waals surface area contributed by atoms with Crippen molar-refractivity contribution in [1.29, 1.82) is 0 Å². The number of para-hydroxylation sites is 2. The van der Waals surface area contributed by atoms with Gasteiger partial charge in [0.2, 0.25) is 0 Å². The van der Waals surface area contributed by atoms with Gasteiger partial charge in [-0.2, -0.15) is 0 Å². The maximum absolute atomic E-state index is 5.17. The molecular formula is C66H52N4S2. The minimum Gasteiger partial charge on any atom is -0.310 e. The fourth-order valence-electron chi connectivity index (χ4n) is 10.5. The van der Waals surface area contributed by atoms with E-state index in [1.165, 1.54) is 63.6 Å². The first-order valence-corrected chi connectivity index (χ1v) is 26.2. The second-order valence-electron chi connectivity index (χ2n) is 19.0. The lowest BCUT2D eigenvalue weighted by molar-refractivity contribution is 1.14. The van der Waals surface area contributed by atoms with E-state index in [0.717, 1.165) is 78.6 Å². The summed E-state index contributed by atoms with van der Waals surface area (Å²) in [5, 5.41) is 2.49. The minimum absolute atomic E-state index is 0.923. The summed E-state index contributed by atoms with van der Waals surface area (Å²) < 4.78 is 2.43. The van der Waals surface area contributed by atoms with Crippen LogP contribution in [0.15, 0.2) is 207 Å². The van der Waals surface area contributed by atoms with Gasteiger partial charge in [0.25, 0.3) is 0 Å². The molecule has 12 aromatic rings. The molecule has 348 valence electrons. The Labute approximate surface area is 429 Å². The van der Waals surface area contributed by atoms with E-state index in [-0.39, 0.29) is 0 Å². The number of anilines is 3. The van der Waals surface area contributed by atoms with Crippen molar-refractivity contribution in [2.45, 2.75) is 41.5 Å². The molecule has 0 radical (unpaired) electrons. The molecular weight excluding hydrogens is 913 g/mol. The third kappa shape index (κ3) is 8.32. The molecule has 0 spiro atoms. The van der Waals surface area contributed by atoms with E-state index in [1.54, 1.807) is 0 Å². The normalized spacial score (nSPS) is 11.5. The van der Waals surface area contributed by atoms with Gasteiger partial charge in [0.1, 0.15) is 0 Å². The molecule has 0 amide bonds. The van der Waals surface area contributed by atoms with E-state index in [9.17, 15) is 0 Å². The molecule has 0 N–H and O–H groups in total. The van der Waals surface area contributed by atoms with Crippen molar-refractivity contribution in [1.82, 2.24) is 14.5 Å².